The van der Waals surface area contributed by atoms with Gasteiger partial charge in [-0.05, 0) is 60.7 Å². The minimum Gasteiger partial charge on any atom is -0.292 e. The summed E-state index contributed by atoms with van der Waals surface area (Å²) in [5.74, 6) is 1.03. The molecule has 0 amide bonds. The summed E-state index contributed by atoms with van der Waals surface area (Å²) in [5.41, 5.74) is 1.72. The van der Waals surface area contributed by atoms with E-state index in [0.29, 0.717) is 22.9 Å². The van der Waals surface area contributed by atoms with Gasteiger partial charge in [0.05, 0.1) is 6.20 Å². The zero-order valence-corrected chi connectivity index (χ0v) is 13.1. The second-order valence-corrected chi connectivity index (χ2v) is 8.82. The number of ketones is 1. The zero-order chi connectivity index (χ0) is 14.7. The van der Waals surface area contributed by atoms with Gasteiger partial charge in [0.15, 0.2) is 5.78 Å². The summed E-state index contributed by atoms with van der Waals surface area (Å²) in [7, 11) is 0. The van der Waals surface area contributed by atoms with Gasteiger partial charge < -0.3 is 0 Å². The van der Waals surface area contributed by atoms with Crippen LogP contribution < -0.4 is 0 Å². The Balaban J connectivity index is 1.61. The molecular formula is C18H24N2O. The quantitative estimate of drug-likeness (QED) is 0.786. The minimum atomic E-state index is 0.192. The molecule has 0 spiro atoms. The lowest BCUT2D eigenvalue weighted by atomic mass is 9.39. The van der Waals surface area contributed by atoms with Crippen LogP contribution in [-0.4, -0.2) is 15.8 Å². The number of rotatable bonds is 3. The van der Waals surface area contributed by atoms with Crippen LogP contribution in [0.15, 0.2) is 18.6 Å². The van der Waals surface area contributed by atoms with E-state index in [1.807, 2.05) is 0 Å². The SMILES string of the molecule is CC12CC3CC(C)(C1)CC(CC(=O)c1cnccn1)(C3)C2. The first-order valence-electron chi connectivity index (χ1n) is 8.19. The van der Waals surface area contributed by atoms with E-state index in [-0.39, 0.29) is 11.2 Å². The van der Waals surface area contributed by atoms with Gasteiger partial charge in [-0.1, -0.05) is 13.8 Å². The van der Waals surface area contributed by atoms with Crippen molar-refractivity contribution in [2.24, 2.45) is 22.2 Å². The molecule has 0 saturated heterocycles. The van der Waals surface area contributed by atoms with Crippen molar-refractivity contribution in [3.8, 4) is 0 Å². The monoisotopic (exact) mass is 284 g/mol. The first-order chi connectivity index (χ1) is 9.90. The number of carbonyl (C=O) groups excluding carboxylic acids is 1. The highest BCUT2D eigenvalue weighted by Gasteiger charge is 2.60. The summed E-state index contributed by atoms with van der Waals surface area (Å²) < 4.78 is 0. The topological polar surface area (TPSA) is 42.9 Å². The predicted molar refractivity (Wildman–Crippen MR) is 80.8 cm³/mol. The molecule has 0 radical (unpaired) electrons. The van der Waals surface area contributed by atoms with E-state index in [0.717, 1.165) is 5.92 Å². The molecule has 4 bridgehead atoms. The molecule has 5 rings (SSSR count). The van der Waals surface area contributed by atoms with Crippen molar-refractivity contribution in [2.75, 3.05) is 0 Å². The van der Waals surface area contributed by atoms with E-state index in [2.05, 4.69) is 23.8 Å². The largest absolute Gasteiger partial charge is 0.292 e. The third-order valence-electron chi connectivity index (χ3n) is 6.13. The Bertz CT molecular complexity index is 564. The third kappa shape index (κ3) is 2.21. The number of Topliss-reactive ketones (excluding diaryl/α,β-unsaturated/α-hetero) is 1. The zero-order valence-electron chi connectivity index (χ0n) is 13.1. The van der Waals surface area contributed by atoms with Gasteiger partial charge in [-0.25, -0.2) is 4.98 Å². The Kier molecular flexibility index (Phi) is 2.65. The van der Waals surface area contributed by atoms with E-state index < -0.39 is 0 Å². The van der Waals surface area contributed by atoms with Crippen molar-refractivity contribution >= 4 is 5.78 Å². The lowest BCUT2D eigenvalue weighted by Gasteiger charge is -2.65. The van der Waals surface area contributed by atoms with E-state index in [1.54, 1.807) is 18.6 Å². The molecule has 112 valence electrons. The molecule has 4 fully saturated rings. The Morgan fingerprint density at radius 1 is 1.14 bits per heavy atom. The van der Waals surface area contributed by atoms with Crippen molar-refractivity contribution in [3.63, 3.8) is 0 Å². The third-order valence-corrected chi connectivity index (χ3v) is 6.13. The molecule has 2 unspecified atom stereocenters. The number of hydrogen-bond acceptors (Lipinski definition) is 3. The molecule has 0 aromatic carbocycles. The smallest absolute Gasteiger partial charge is 0.183 e. The van der Waals surface area contributed by atoms with Crippen LogP contribution in [0.3, 0.4) is 0 Å². The van der Waals surface area contributed by atoms with E-state index >= 15 is 0 Å². The van der Waals surface area contributed by atoms with Gasteiger partial charge in [0, 0.05) is 18.8 Å². The van der Waals surface area contributed by atoms with Gasteiger partial charge in [-0.3, -0.25) is 9.78 Å². The van der Waals surface area contributed by atoms with Gasteiger partial charge in [-0.15, -0.1) is 0 Å². The molecule has 1 aromatic rings. The lowest BCUT2D eigenvalue weighted by Crippen LogP contribution is -2.55. The van der Waals surface area contributed by atoms with Crippen molar-refractivity contribution in [2.45, 2.75) is 58.8 Å². The number of carbonyl (C=O) groups is 1. The van der Waals surface area contributed by atoms with Crippen LogP contribution >= 0.6 is 0 Å². The van der Waals surface area contributed by atoms with Crippen LogP contribution in [0.2, 0.25) is 0 Å². The molecule has 4 aliphatic rings. The molecule has 3 nitrogen and oxygen atoms in total. The first-order valence-corrected chi connectivity index (χ1v) is 8.19. The highest BCUT2D eigenvalue weighted by Crippen LogP contribution is 2.70. The minimum absolute atomic E-state index is 0.192. The van der Waals surface area contributed by atoms with Gasteiger partial charge in [-0.2, -0.15) is 0 Å². The maximum atomic E-state index is 12.6. The average Bonchev–Trinajstić information content (AvgIpc) is 2.34. The van der Waals surface area contributed by atoms with Crippen LogP contribution in [0.4, 0.5) is 0 Å². The van der Waals surface area contributed by atoms with E-state index in [4.69, 9.17) is 0 Å². The second kappa shape index (κ2) is 4.15. The fourth-order valence-electron chi connectivity index (χ4n) is 6.76. The standard InChI is InChI=1S/C18H24N2O/c1-16-5-13-6-17(2,10-16)12-18(7-13,11-16)8-15(21)14-9-19-3-4-20-14/h3-4,9,13H,5-8,10-12H2,1-2H3. The Labute approximate surface area is 126 Å². The van der Waals surface area contributed by atoms with E-state index in [1.165, 1.54) is 38.5 Å². The Hall–Kier alpha value is -1.25. The molecule has 2 atom stereocenters. The van der Waals surface area contributed by atoms with Crippen molar-refractivity contribution < 1.29 is 4.79 Å². The molecule has 1 heterocycles. The van der Waals surface area contributed by atoms with Gasteiger partial charge in [0.2, 0.25) is 0 Å². The van der Waals surface area contributed by atoms with Gasteiger partial charge in [0.1, 0.15) is 5.69 Å². The maximum Gasteiger partial charge on any atom is 0.183 e. The Morgan fingerprint density at radius 2 is 1.86 bits per heavy atom. The summed E-state index contributed by atoms with van der Waals surface area (Å²) in [5, 5.41) is 0. The highest BCUT2D eigenvalue weighted by atomic mass is 16.1. The summed E-state index contributed by atoms with van der Waals surface area (Å²) in [6.45, 7) is 4.91. The van der Waals surface area contributed by atoms with Crippen molar-refractivity contribution in [1.29, 1.82) is 0 Å². The molecule has 21 heavy (non-hydrogen) atoms. The summed E-state index contributed by atoms with van der Waals surface area (Å²) in [6.07, 6.45) is 13.4. The predicted octanol–water partition coefficient (Wildman–Crippen LogP) is 4.05. The normalized spacial score (nSPS) is 44.0. The van der Waals surface area contributed by atoms with Crippen LogP contribution in [0.5, 0.6) is 0 Å². The van der Waals surface area contributed by atoms with Gasteiger partial charge in [0.25, 0.3) is 0 Å². The summed E-state index contributed by atoms with van der Waals surface area (Å²) in [4.78, 5) is 20.9. The summed E-state index contributed by atoms with van der Waals surface area (Å²) >= 11 is 0. The fourth-order valence-corrected chi connectivity index (χ4v) is 6.76. The molecule has 3 heteroatoms. The second-order valence-electron chi connectivity index (χ2n) is 8.82. The van der Waals surface area contributed by atoms with Crippen LogP contribution in [0.1, 0.15) is 69.3 Å². The molecule has 4 saturated carbocycles. The number of nitrogens with zero attached hydrogens (tertiary/aromatic N) is 2. The maximum absolute atomic E-state index is 12.6. The van der Waals surface area contributed by atoms with Crippen molar-refractivity contribution in [1.82, 2.24) is 9.97 Å². The van der Waals surface area contributed by atoms with Gasteiger partial charge >= 0.3 is 0 Å². The molecule has 1 aromatic heterocycles. The van der Waals surface area contributed by atoms with E-state index in [9.17, 15) is 4.79 Å². The number of aromatic nitrogens is 2. The van der Waals surface area contributed by atoms with Crippen LogP contribution in [0, 0.1) is 22.2 Å². The van der Waals surface area contributed by atoms with Crippen molar-refractivity contribution in [3.05, 3.63) is 24.3 Å². The van der Waals surface area contributed by atoms with Crippen LogP contribution in [-0.2, 0) is 0 Å². The average molecular weight is 284 g/mol. The molecular weight excluding hydrogens is 260 g/mol. The summed E-state index contributed by atoms with van der Waals surface area (Å²) in [6, 6.07) is 0. The fraction of sp³-hybridized carbons (Fsp3) is 0.722. The lowest BCUT2D eigenvalue weighted by molar-refractivity contribution is -0.143. The molecule has 4 aliphatic carbocycles. The van der Waals surface area contributed by atoms with Crippen LogP contribution in [0.25, 0.3) is 0 Å². The highest BCUT2D eigenvalue weighted by molar-refractivity contribution is 5.94. The number of hydrogen-bond donors (Lipinski definition) is 0. The molecule has 0 aliphatic heterocycles. The first kappa shape index (κ1) is 13.4. The molecule has 0 N–H and O–H groups in total. The Morgan fingerprint density at radius 3 is 2.43 bits per heavy atom.